The van der Waals surface area contributed by atoms with Gasteiger partial charge in [-0.05, 0) is 21.8 Å². The second kappa shape index (κ2) is 6.73. The molecule has 0 saturated heterocycles. The molecule has 22 heavy (non-hydrogen) atoms. The van der Waals surface area contributed by atoms with Crippen LogP contribution in [0, 0.1) is 16.3 Å². The molecule has 0 aliphatic rings. The maximum Gasteiger partial charge on any atom is 0.448 e. The van der Waals surface area contributed by atoms with Crippen LogP contribution in [0.5, 0.6) is 0 Å². The van der Waals surface area contributed by atoms with Gasteiger partial charge in [-0.15, -0.1) is 0 Å². The number of carbonyl (C=O) groups excluding carboxylic acids is 1. The number of esters is 1. The van der Waals surface area contributed by atoms with E-state index in [-0.39, 0.29) is 46.2 Å². The molecule has 0 fully saturated rings. The monoisotopic (exact) mass is 370 g/mol. The molecule has 0 spiro atoms. The Morgan fingerprint density at radius 1 is 1.41 bits per heavy atom. The lowest BCUT2D eigenvalue weighted by Crippen LogP contribution is -2.62. The molecule has 8 nitrogen and oxygen atoms in total. The first-order valence-corrected chi connectivity index (χ1v) is 7.42. The quantitative estimate of drug-likeness (QED) is 0.362. The van der Waals surface area contributed by atoms with Gasteiger partial charge in [-0.25, -0.2) is 0 Å². The van der Waals surface area contributed by atoms with Gasteiger partial charge in [0.1, 0.15) is 6.61 Å². The van der Waals surface area contributed by atoms with Gasteiger partial charge in [0.15, 0.2) is 0 Å². The van der Waals surface area contributed by atoms with Gasteiger partial charge in [0.25, 0.3) is 5.52 Å². The van der Waals surface area contributed by atoms with Crippen molar-refractivity contribution in [1.29, 1.82) is 0 Å². The van der Waals surface area contributed by atoms with Crippen LogP contribution in [-0.4, -0.2) is 24.1 Å². The summed E-state index contributed by atoms with van der Waals surface area (Å²) < 4.78 is 5.64. The number of aromatic nitrogens is 3. The van der Waals surface area contributed by atoms with Gasteiger partial charge in [0.2, 0.25) is 5.52 Å². The van der Waals surface area contributed by atoms with Crippen LogP contribution in [0.4, 0.5) is 5.95 Å². The van der Waals surface area contributed by atoms with Gasteiger partial charge in [0, 0.05) is 10.5 Å². The van der Waals surface area contributed by atoms with Crippen LogP contribution in [0.1, 0.15) is 13.8 Å². The predicted octanol–water partition coefficient (Wildman–Crippen LogP) is 0.875. The van der Waals surface area contributed by atoms with Crippen LogP contribution in [-0.2, 0) is 9.53 Å². The zero-order chi connectivity index (χ0) is 16.3. The fourth-order valence-corrected chi connectivity index (χ4v) is 2.02. The molecule has 2 aromatic rings. The first-order chi connectivity index (χ1) is 10.4. The Balaban J connectivity index is 2.10. The highest BCUT2D eigenvalue weighted by Crippen LogP contribution is 2.15. The van der Waals surface area contributed by atoms with E-state index in [0.29, 0.717) is 9.99 Å². The zero-order valence-electron chi connectivity index (χ0n) is 12.1. The van der Waals surface area contributed by atoms with Crippen molar-refractivity contribution in [2.45, 2.75) is 13.8 Å². The summed E-state index contributed by atoms with van der Waals surface area (Å²) in [4.78, 5) is 15.7. The van der Waals surface area contributed by atoms with E-state index >= 15 is 0 Å². The van der Waals surface area contributed by atoms with Gasteiger partial charge in [-0.2, -0.15) is 0 Å². The summed E-state index contributed by atoms with van der Waals surface area (Å²) in [7, 11) is 0. The highest BCUT2D eigenvalue weighted by atomic mass is 79.9. The number of hydrogen-bond acceptors (Lipinski definition) is 6. The van der Waals surface area contributed by atoms with Crippen LogP contribution in [0.2, 0.25) is 0 Å². The number of anilines is 1. The van der Waals surface area contributed by atoms with Crippen molar-refractivity contribution in [3.8, 4) is 0 Å². The van der Waals surface area contributed by atoms with Crippen molar-refractivity contribution in [2.75, 3.05) is 18.5 Å². The molecule has 0 aliphatic heterocycles. The minimum Gasteiger partial charge on any atom is -0.688 e. The molecule has 0 atom stereocenters. The third kappa shape index (κ3) is 3.53. The van der Waals surface area contributed by atoms with Gasteiger partial charge in [-0.3, -0.25) is 10.1 Å². The van der Waals surface area contributed by atoms with Crippen molar-refractivity contribution in [2.24, 2.45) is 5.92 Å². The largest absolute Gasteiger partial charge is 0.688 e. The summed E-state index contributed by atoms with van der Waals surface area (Å²) in [5.74, 6) is -0.692. The first-order valence-electron chi connectivity index (χ1n) is 6.63. The topological polar surface area (TPSA) is 105 Å². The predicted molar refractivity (Wildman–Crippen MR) is 81.6 cm³/mol. The van der Waals surface area contributed by atoms with E-state index in [4.69, 9.17) is 4.74 Å². The Morgan fingerprint density at radius 3 is 2.82 bits per heavy atom. The van der Waals surface area contributed by atoms with Crippen molar-refractivity contribution in [1.82, 2.24) is 4.98 Å². The van der Waals surface area contributed by atoms with E-state index in [9.17, 15) is 15.2 Å². The average Bonchev–Trinajstić information content (AvgIpc) is 2.48. The van der Waals surface area contributed by atoms with Gasteiger partial charge >= 0.3 is 11.9 Å². The van der Waals surface area contributed by atoms with Crippen molar-refractivity contribution in [3.63, 3.8) is 0 Å². The van der Waals surface area contributed by atoms with Gasteiger partial charge in [-0.1, -0.05) is 34.8 Å². The summed E-state index contributed by atoms with van der Waals surface area (Å²) in [6.45, 7) is 3.71. The molecule has 0 saturated carbocycles. The van der Waals surface area contributed by atoms with E-state index in [0.717, 1.165) is 0 Å². The number of hydrogen-bond donors (Lipinski definition) is 1. The number of halogens is 1. The molecule has 0 aliphatic carbocycles. The Morgan fingerprint density at radius 2 is 2.14 bits per heavy atom. The maximum absolute atomic E-state index is 11.9. The lowest BCUT2D eigenvalue weighted by molar-refractivity contribution is -1.17. The Bertz CT molecular complexity index is 708. The number of rotatable bonds is 5. The number of nitrogens with one attached hydrogen (secondary N) is 1. The number of ether oxygens (including phenoxy) is 1. The highest BCUT2D eigenvalue weighted by Gasteiger charge is 2.20. The first kappa shape index (κ1) is 16.2. The molecule has 2 rings (SSSR count). The summed E-state index contributed by atoms with van der Waals surface area (Å²) in [5.41, 5.74) is 0.535. The van der Waals surface area contributed by atoms with E-state index in [1.165, 1.54) is 6.07 Å². The van der Waals surface area contributed by atoms with Crippen LogP contribution < -0.4 is 15.0 Å². The molecule has 0 bridgehead atoms. The lowest BCUT2D eigenvalue weighted by Gasteiger charge is -2.10. The molecule has 0 unspecified atom stereocenters. The molecule has 118 valence electrons. The molecule has 1 N–H and O–H groups in total. The number of nitrogens with zero attached hydrogens (tertiary/aromatic N) is 3. The minimum atomic E-state index is -0.327. The summed E-state index contributed by atoms with van der Waals surface area (Å²) >= 11 is 3.23. The van der Waals surface area contributed by atoms with Gasteiger partial charge < -0.3 is 15.2 Å². The van der Waals surface area contributed by atoms with Crippen LogP contribution >= 0.6 is 15.9 Å². The molecule has 1 aromatic heterocycles. The zero-order valence-corrected chi connectivity index (χ0v) is 13.7. The molecular formula is C13H15BrN4O4. The van der Waals surface area contributed by atoms with Gasteiger partial charge in [0.05, 0.1) is 12.5 Å². The molecule has 1 heterocycles. The molecule has 0 radical (unpaired) electrons. The second-order valence-electron chi connectivity index (χ2n) is 4.86. The van der Waals surface area contributed by atoms with Crippen LogP contribution in [0.15, 0.2) is 22.7 Å². The fourth-order valence-electron chi connectivity index (χ4n) is 1.67. The highest BCUT2D eigenvalue weighted by molar-refractivity contribution is 9.10. The third-order valence-corrected chi connectivity index (χ3v) is 3.31. The SMILES string of the molecule is CC(C)C(=O)OCCNc1nc2ccc(Br)cc2[n+]([O-])[n+]1[O-]. The lowest BCUT2D eigenvalue weighted by atomic mass is 10.2. The smallest absolute Gasteiger partial charge is 0.448 e. The van der Waals surface area contributed by atoms with Crippen molar-refractivity contribution >= 4 is 38.9 Å². The van der Waals surface area contributed by atoms with Crippen molar-refractivity contribution in [3.05, 3.63) is 33.1 Å². The molecule has 1 aromatic carbocycles. The normalized spacial score (nSPS) is 10.9. The van der Waals surface area contributed by atoms with Crippen molar-refractivity contribution < 1.29 is 19.2 Å². The Labute approximate surface area is 135 Å². The van der Waals surface area contributed by atoms with E-state index in [1.807, 2.05) is 0 Å². The van der Waals surface area contributed by atoms with Crippen LogP contribution in [0.25, 0.3) is 11.0 Å². The standard InChI is InChI=1S/C13H15BrN4O4/c1-8(2)12(19)22-6-5-15-13-16-10-4-3-9(14)7-11(10)17(20)18(13)21/h3-4,7-8H,5-6H2,1-2H3,(H,15,16). The van der Waals surface area contributed by atoms with E-state index in [1.54, 1.807) is 26.0 Å². The third-order valence-electron chi connectivity index (χ3n) is 2.82. The summed E-state index contributed by atoms with van der Waals surface area (Å²) in [6, 6.07) is 4.86. The second-order valence-corrected chi connectivity index (χ2v) is 5.78. The summed E-state index contributed by atoms with van der Waals surface area (Å²) in [6.07, 6.45) is 0. The minimum absolute atomic E-state index is 0.0793. The summed E-state index contributed by atoms with van der Waals surface area (Å²) in [5, 5.41) is 26.4. The Kier molecular flexibility index (Phi) is 4.96. The molecule has 0 amide bonds. The number of fused-ring (bicyclic) bond motifs is 1. The maximum atomic E-state index is 11.9. The van der Waals surface area contributed by atoms with Crippen LogP contribution in [0.3, 0.4) is 0 Å². The van der Waals surface area contributed by atoms with E-state index < -0.39 is 0 Å². The number of benzene rings is 1. The van der Waals surface area contributed by atoms with E-state index in [2.05, 4.69) is 26.2 Å². The number of carbonyl (C=O) groups is 1. The molecular weight excluding hydrogens is 356 g/mol. The fraction of sp³-hybridized carbons (Fsp3) is 0.385. The average molecular weight is 371 g/mol. The molecule has 9 heteroatoms. The Hall–Kier alpha value is -2.16.